The highest BCUT2D eigenvalue weighted by atomic mass is 16.4. The van der Waals surface area contributed by atoms with E-state index in [1.165, 1.54) is 0 Å². The Morgan fingerprint density at radius 1 is 1.33 bits per heavy atom. The maximum absolute atomic E-state index is 10.9. The van der Waals surface area contributed by atoms with E-state index in [1.807, 2.05) is 0 Å². The molecule has 0 saturated carbocycles. The predicted molar refractivity (Wildman–Crippen MR) is 65.8 cm³/mol. The average molecular weight is 249 g/mol. The van der Waals surface area contributed by atoms with Crippen LogP contribution in [0.25, 0.3) is 0 Å². The summed E-state index contributed by atoms with van der Waals surface area (Å²) < 4.78 is 0. The minimum Gasteiger partial charge on any atom is -0.478 e. The second-order valence-corrected chi connectivity index (χ2v) is 4.24. The number of carbonyl (C=O) groups is 2. The summed E-state index contributed by atoms with van der Waals surface area (Å²) in [6.45, 7) is 4.47. The lowest BCUT2D eigenvalue weighted by atomic mass is 10.2. The van der Waals surface area contributed by atoms with E-state index in [0.29, 0.717) is 18.8 Å². The van der Waals surface area contributed by atoms with Gasteiger partial charge in [-0.2, -0.15) is 0 Å². The largest absolute Gasteiger partial charge is 0.478 e. The minimum atomic E-state index is -0.961. The molecule has 0 spiro atoms. The van der Waals surface area contributed by atoms with Gasteiger partial charge in [0.15, 0.2) is 0 Å². The number of anilines is 1. The molecule has 2 rings (SSSR count). The normalized spacial score (nSPS) is 15.6. The second kappa shape index (κ2) is 5.03. The molecule has 2 heterocycles. The highest BCUT2D eigenvalue weighted by Crippen LogP contribution is 2.16. The zero-order valence-corrected chi connectivity index (χ0v) is 10.2. The number of carboxylic acids is 1. The molecule has 6 heteroatoms. The Bertz CT molecular complexity index is 468. The molecule has 0 unspecified atom stereocenters. The SMILES string of the molecule is Cc1nc(N2CCN(C=O)CC2)ccc1C(=O)O. The third-order valence-electron chi connectivity index (χ3n) is 3.09. The fourth-order valence-electron chi connectivity index (χ4n) is 2.01. The molecule has 1 saturated heterocycles. The van der Waals surface area contributed by atoms with Crippen molar-refractivity contribution in [3.05, 3.63) is 23.4 Å². The number of nitrogens with zero attached hydrogens (tertiary/aromatic N) is 3. The number of carbonyl (C=O) groups excluding carboxylic acids is 1. The van der Waals surface area contributed by atoms with Gasteiger partial charge < -0.3 is 14.9 Å². The van der Waals surface area contributed by atoms with Gasteiger partial charge in [0.25, 0.3) is 0 Å². The number of pyridine rings is 1. The van der Waals surface area contributed by atoms with Crippen molar-refractivity contribution in [1.82, 2.24) is 9.88 Å². The van der Waals surface area contributed by atoms with Gasteiger partial charge in [-0.3, -0.25) is 4.79 Å². The molecule has 1 fully saturated rings. The summed E-state index contributed by atoms with van der Waals surface area (Å²) in [6, 6.07) is 3.29. The Hall–Kier alpha value is -2.11. The Morgan fingerprint density at radius 2 is 2.00 bits per heavy atom. The first-order valence-electron chi connectivity index (χ1n) is 5.77. The van der Waals surface area contributed by atoms with Crippen LogP contribution < -0.4 is 4.90 Å². The smallest absolute Gasteiger partial charge is 0.337 e. The van der Waals surface area contributed by atoms with Crippen molar-refractivity contribution in [2.75, 3.05) is 31.1 Å². The van der Waals surface area contributed by atoms with Crippen molar-refractivity contribution in [3.63, 3.8) is 0 Å². The molecule has 0 atom stereocenters. The van der Waals surface area contributed by atoms with Gasteiger partial charge in [-0.05, 0) is 19.1 Å². The van der Waals surface area contributed by atoms with Crippen molar-refractivity contribution in [2.24, 2.45) is 0 Å². The van der Waals surface area contributed by atoms with Crippen LogP contribution in [0, 0.1) is 6.92 Å². The molecule has 1 amide bonds. The van der Waals surface area contributed by atoms with Gasteiger partial charge in [0.2, 0.25) is 6.41 Å². The number of rotatable bonds is 3. The molecule has 0 aliphatic carbocycles. The lowest BCUT2D eigenvalue weighted by Gasteiger charge is -2.33. The number of aryl methyl sites for hydroxylation is 1. The molecule has 1 aromatic heterocycles. The van der Waals surface area contributed by atoms with Gasteiger partial charge >= 0.3 is 5.97 Å². The molecular weight excluding hydrogens is 234 g/mol. The van der Waals surface area contributed by atoms with Crippen LogP contribution in [-0.2, 0) is 4.79 Å². The lowest BCUT2D eigenvalue weighted by Crippen LogP contribution is -2.46. The number of hydrogen-bond acceptors (Lipinski definition) is 4. The van der Waals surface area contributed by atoms with Crippen molar-refractivity contribution in [2.45, 2.75) is 6.92 Å². The van der Waals surface area contributed by atoms with Crippen molar-refractivity contribution >= 4 is 18.2 Å². The standard InChI is InChI=1S/C12H15N3O3/c1-9-10(12(17)18)2-3-11(13-9)15-6-4-14(8-16)5-7-15/h2-3,8H,4-7H2,1H3,(H,17,18). The number of aromatic carboxylic acids is 1. The monoisotopic (exact) mass is 249 g/mol. The Morgan fingerprint density at radius 3 is 2.50 bits per heavy atom. The van der Waals surface area contributed by atoms with E-state index in [2.05, 4.69) is 9.88 Å². The molecule has 1 aliphatic rings. The van der Waals surface area contributed by atoms with E-state index in [0.717, 1.165) is 25.3 Å². The van der Waals surface area contributed by atoms with E-state index >= 15 is 0 Å². The molecule has 6 nitrogen and oxygen atoms in total. The van der Waals surface area contributed by atoms with Crippen LogP contribution >= 0.6 is 0 Å². The number of carboxylic acid groups (broad SMARTS) is 1. The van der Waals surface area contributed by atoms with Crippen molar-refractivity contribution < 1.29 is 14.7 Å². The number of piperazine rings is 1. The third kappa shape index (κ3) is 2.42. The fraction of sp³-hybridized carbons (Fsp3) is 0.417. The first kappa shape index (κ1) is 12.3. The fourth-order valence-corrected chi connectivity index (χ4v) is 2.01. The molecule has 96 valence electrons. The zero-order chi connectivity index (χ0) is 13.1. The second-order valence-electron chi connectivity index (χ2n) is 4.24. The van der Waals surface area contributed by atoms with Gasteiger partial charge in [0.1, 0.15) is 5.82 Å². The summed E-state index contributed by atoms with van der Waals surface area (Å²) in [7, 11) is 0. The van der Waals surface area contributed by atoms with Gasteiger partial charge in [-0.15, -0.1) is 0 Å². The van der Waals surface area contributed by atoms with Crippen LogP contribution in [0.1, 0.15) is 16.1 Å². The van der Waals surface area contributed by atoms with Gasteiger partial charge in [0, 0.05) is 26.2 Å². The van der Waals surface area contributed by atoms with Gasteiger partial charge in [-0.25, -0.2) is 9.78 Å². The molecular formula is C12H15N3O3. The van der Waals surface area contributed by atoms with E-state index in [9.17, 15) is 9.59 Å². The lowest BCUT2D eigenvalue weighted by molar-refractivity contribution is -0.118. The van der Waals surface area contributed by atoms with Crippen LogP contribution in [0.15, 0.2) is 12.1 Å². The first-order valence-corrected chi connectivity index (χ1v) is 5.77. The van der Waals surface area contributed by atoms with Crippen LogP contribution in [0.3, 0.4) is 0 Å². The highest BCUT2D eigenvalue weighted by Gasteiger charge is 2.18. The Kier molecular flexibility index (Phi) is 3.45. The number of amides is 1. The third-order valence-corrected chi connectivity index (χ3v) is 3.09. The summed E-state index contributed by atoms with van der Waals surface area (Å²) in [6.07, 6.45) is 0.851. The van der Waals surface area contributed by atoms with Crippen LogP contribution in [-0.4, -0.2) is 53.5 Å². The van der Waals surface area contributed by atoms with E-state index in [-0.39, 0.29) is 5.56 Å². The summed E-state index contributed by atoms with van der Waals surface area (Å²) in [5.74, 6) is -0.194. The molecule has 1 aliphatic heterocycles. The number of aromatic nitrogens is 1. The average Bonchev–Trinajstić information content (AvgIpc) is 2.38. The zero-order valence-electron chi connectivity index (χ0n) is 10.2. The maximum Gasteiger partial charge on any atom is 0.337 e. The first-order chi connectivity index (χ1) is 8.61. The number of hydrogen-bond donors (Lipinski definition) is 1. The van der Waals surface area contributed by atoms with Gasteiger partial charge in [-0.1, -0.05) is 0 Å². The summed E-state index contributed by atoms with van der Waals surface area (Å²) in [4.78, 5) is 29.6. The Labute approximate surface area is 105 Å². The molecule has 18 heavy (non-hydrogen) atoms. The summed E-state index contributed by atoms with van der Waals surface area (Å²) in [5.41, 5.74) is 0.739. The van der Waals surface area contributed by atoms with Crippen molar-refractivity contribution in [3.8, 4) is 0 Å². The topological polar surface area (TPSA) is 73.7 Å². The summed E-state index contributed by atoms with van der Waals surface area (Å²) >= 11 is 0. The molecule has 0 aromatic carbocycles. The highest BCUT2D eigenvalue weighted by molar-refractivity contribution is 5.89. The van der Waals surface area contributed by atoms with Crippen molar-refractivity contribution in [1.29, 1.82) is 0 Å². The predicted octanol–water partition coefficient (Wildman–Crippen LogP) is 0.367. The molecule has 0 bridgehead atoms. The summed E-state index contributed by atoms with van der Waals surface area (Å²) in [5, 5.41) is 8.93. The van der Waals surface area contributed by atoms with Crippen LogP contribution in [0.5, 0.6) is 0 Å². The van der Waals surface area contributed by atoms with E-state index in [4.69, 9.17) is 5.11 Å². The quantitative estimate of drug-likeness (QED) is 0.783. The van der Waals surface area contributed by atoms with E-state index in [1.54, 1.807) is 24.0 Å². The minimum absolute atomic E-state index is 0.227. The van der Waals surface area contributed by atoms with Gasteiger partial charge in [0.05, 0.1) is 11.3 Å². The molecule has 1 N–H and O–H groups in total. The van der Waals surface area contributed by atoms with Crippen LogP contribution in [0.4, 0.5) is 5.82 Å². The molecule has 0 radical (unpaired) electrons. The van der Waals surface area contributed by atoms with Crippen LogP contribution in [0.2, 0.25) is 0 Å². The molecule has 1 aromatic rings. The maximum atomic E-state index is 10.9. The Balaban J connectivity index is 2.13. The van der Waals surface area contributed by atoms with E-state index < -0.39 is 5.97 Å².